The minimum Gasteiger partial charge on any atom is -0.504 e. The van der Waals surface area contributed by atoms with E-state index in [0.717, 1.165) is 0 Å². The summed E-state index contributed by atoms with van der Waals surface area (Å²) < 4.78 is 24.2. The van der Waals surface area contributed by atoms with Crippen molar-refractivity contribution in [2.24, 2.45) is 12.2 Å². The van der Waals surface area contributed by atoms with Crippen LogP contribution in [-0.4, -0.2) is 29.3 Å². The lowest BCUT2D eigenvalue weighted by atomic mass is 10.3. The number of rotatable bonds is 3. The third-order valence-corrected chi connectivity index (χ3v) is 4.09. The molecule has 0 aliphatic rings. The Morgan fingerprint density at radius 2 is 2.05 bits per heavy atom. The molecule has 1 heterocycles. The first-order valence-electron chi connectivity index (χ1n) is 5.80. The number of amides is 2. The maximum atomic E-state index is 11.8. The summed E-state index contributed by atoms with van der Waals surface area (Å²) in [6.07, 6.45) is 1.48. The minimum absolute atomic E-state index is 0.159. The second kappa shape index (κ2) is 5.83. The van der Waals surface area contributed by atoms with Crippen LogP contribution in [0, 0.1) is 0 Å². The van der Waals surface area contributed by atoms with Crippen molar-refractivity contribution in [3.63, 3.8) is 0 Å². The molecular formula is C11H12ClN5O4S. The Hall–Kier alpha value is -2.30. The number of aromatic hydroxyl groups is 1. The highest BCUT2D eigenvalue weighted by Crippen LogP contribution is 2.36. The highest BCUT2D eigenvalue weighted by Gasteiger charge is 2.22. The van der Waals surface area contributed by atoms with Gasteiger partial charge in [-0.05, 0) is 12.1 Å². The first-order chi connectivity index (χ1) is 10.2. The van der Waals surface area contributed by atoms with Crippen LogP contribution in [0.2, 0.25) is 5.02 Å². The van der Waals surface area contributed by atoms with E-state index in [0.29, 0.717) is 5.82 Å². The molecule has 0 spiro atoms. The van der Waals surface area contributed by atoms with E-state index in [9.17, 15) is 18.3 Å². The van der Waals surface area contributed by atoms with Gasteiger partial charge >= 0.3 is 6.03 Å². The van der Waals surface area contributed by atoms with Crippen LogP contribution in [0.5, 0.6) is 5.75 Å². The molecule has 2 rings (SSSR count). The van der Waals surface area contributed by atoms with E-state index in [1.54, 1.807) is 13.1 Å². The Bertz CT molecular complexity index is 833. The number of urea groups is 1. The Balaban J connectivity index is 2.27. The molecule has 118 valence electrons. The SMILES string of the molecule is Cn1nccc1NC(=O)Nc1ccc(Cl)c(S(N)(=O)=O)c1O. The fraction of sp³-hybridized carbons (Fsp3) is 0.0909. The molecule has 1 aromatic carbocycles. The van der Waals surface area contributed by atoms with E-state index in [2.05, 4.69) is 15.7 Å². The number of phenols is 1. The van der Waals surface area contributed by atoms with Gasteiger partial charge in [0.1, 0.15) is 10.7 Å². The molecule has 11 heteroatoms. The predicted octanol–water partition coefficient (Wildman–Crippen LogP) is 1.07. The number of carbonyl (C=O) groups is 1. The van der Waals surface area contributed by atoms with E-state index in [-0.39, 0.29) is 10.7 Å². The fourth-order valence-corrected chi connectivity index (χ4v) is 2.88. The van der Waals surface area contributed by atoms with E-state index in [1.165, 1.54) is 23.0 Å². The van der Waals surface area contributed by atoms with Crippen LogP contribution in [0.4, 0.5) is 16.3 Å². The molecule has 5 N–H and O–H groups in total. The Labute approximate surface area is 130 Å². The van der Waals surface area contributed by atoms with Crippen LogP contribution in [0.1, 0.15) is 0 Å². The summed E-state index contributed by atoms with van der Waals surface area (Å²) in [7, 11) is -2.63. The molecule has 0 aliphatic heterocycles. The van der Waals surface area contributed by atoms with Crippen molar-refractivity contribution in [1.29, 1.82) is 0 Å². The summed E-state index contributed by atoms with van der Waals surface area (Å²) in [6, 6.07) is 3.29. The average molecular weight is 346 g/mol. The van der Waals surface area contributed by atoms with Gasteiger partial charge in [0.25, 0.3) is 0 Å². The maximum Gasteiger partial charge on any atom is 0.324 e. The number of anilines is 2. The molecule has 0 saturated carbocycles. The monoisotopic (exact) mass is 345 g/mol. The number of nitrogens with two attached hydrogens (primary N) is 1. The second-order valence-corrected chi connectivity index (χ2v) is 6.14. The summed E-state index contributed by atoms with van der Waals surface area (Å²) in [5.41, 5.74) is -0.159. The topological polar surface area (TPSA) is 139 Å². The van der Waals surface area contributed by atoms with Gasteiger partial charge < -0.3 is 10.4 Å². The summed E-state index contributed by atoms with van der Waals surface area (Å²) in [5, 5.41) is 23.3. The van der Waals surface area contributed by atoms with E-state index >= 15 is 0 Å². The molecule has 0 aliphatic carbocycles. The number of nitrogens with zero attached hydrogens (tertiary/aromatic N) is 2. The normalized spacial score (nSPS) is 11.2. The number of halogens is 1. The standard InChI is InChI=1S/C11H12ClN5O4S/c1-17-8(4-5-14-17)16-11(19)15-7-3-2-6(12)10(9(7)18)22(13,20)21/h2-5,18H,1H3,(H2,13,20,21)(H2,15,16,19). The Morgan fingerprint density at radius 3 is 2.59 bits per heavy atom. The number of phenolic OH excluding ortho intramolecular Hbond substituents is 1. The highest BCUT2D eigenvalue weighted by molar-refractivity contribution is 7.89. The molecule has 0 atom stereocenters. The van der Waals surface area contributed by atoms with Gasteiger partial charge in [0.05, 0.1) is 16.9 Å². The molecule has 2 amide bonds. The zero-order valence-corrected chi connectivity index (χ0v) is 12.8. The van der Waals surface area contributed by atoms with Gasteiger partial charge in [-0.3, -0.25) is 10.00 Å². The number of hydrogen-bond donors (Lipinski definition) is 4. The van der Waals surface area contributed by atoms with Gasteiger partial charge in [0.2, 0.25) is 10.0 Å². The maximum absolute atomic E-state index is 11.8. The lowest BCUT2D eigenvalue weighted by molar-refractivity contribution is 0.262. The smallest absolute Gasteiger partial charge is 0.324 e. The highest BCUT2D eigenvalue weighted by atomic mass is 35.5. The average Bonchev–Trinajstić information content (AvgIpc) is 2.77. The van der Waals surface area contributed by atoms with E-state index in [1.807, 2.05) is 0 Å². The molecule has 2 aromatic rings. The largest absolute Gasteiger partial charge is 0.504 e. The lowest BCUT2D eigenvalue weighted by Gasteiger charge is -2.12. The van der Waals surface area contributed by atoms with Crippen LogP contribution >= 0.6 is 11.6 Å². The number of aromatic nitrogens is 2. The van der Waals surface area contributed by atoms with E-state index < -0.39 is 26.7 Å². The molecule has 0 saturated heterocycles. The van der Waals surface area contributed by atoms with Crippen molar-refractivity contribution in [3.05, 3.63) is 29.4 Å². The first kappa shape index (κ1) is 16.1. The van der Waals surface area contributed by atoms with Crippen molar-refractivity contribution in [2.45, 2.75) is 4.90 Å². The van der Waals surface area contributed by atoms with Crippen molar-refractivity contribution < 1.29 is 18.3 Å². The molecule has 22 heavy (non-hydrogen) atoms. The van der Waals surface area contributed by atoms with Crippen LogP contribution < -0.4 is 15.8 Å². The molecule has 0 radical (unpaired) electrons. The molecule has 0 fully saturated rings. The van der Waals surface area contributed by atoms with Crippen LogP contribution in [-0.2, 0) is 17.1 Å². The molecule has 9 nitrogen and oxygen atoms in total. The third-order valence-electron chi connectivity index (χ3n) is 2.68. The van der Waals surface area contributed by atoms with E-state index in [4.69, 9.17) is 16.7 Å². The zero-order chi connectivity index (χ0) is 16.5. The molecule has 0 bridgehead atoms. The summed E-state index contributed by atoms with van der Waals surface area (Å²) in [6.45, 7) is 0. The van der Waals surface area contributed by atoms with Crippen molar-refractivity contribution in [3.8, 4) is 5.75 Å². The Kier molecular flexibility index (Phi) is 4.26. The molecule has 1 aromatic heterocycles. The van der Waals surface area contributed by atoms with Crippen molar-refractivity contribution in [2.75, 3.05) is 10.6 Å². The number of benzene rings is 1. The fourth-order valence-electron chi connectivity index (χ4n) is 1.68. The van der Waals surface area contributed by atoms with Gasteiger partial charge in [0, 0.05) is 13.1 Å². The summed E-state index contributed by atoms with van der Waals surface area (Å²) >= 11 is 5.70. The van der Waals surface area contributed by atoms with Crippen LogP contribution in [0.3, 0.4) is 0 Å². The van der Waals surface area contributed by atoms with Gasteiger partial charge in [-0.1, -0.05) is 11.6 Å². The first-order valence-corrected chi connectivity index (χ1v) is 7.73. The van der Waals surface area contributed by atoms with Gasteiger partial charge in [-0.2, -0.15) is 5.10 Å². The quantitative estimate of drug-likeness (QED) is 0.616. The van der Waals surface area contributed by atoms with Gasteiger partial charge in [-0.15, -0.1) is 0 Å². The predicted molar refractivity (Wildman–Crippen MR) is 80.3 cm³/mol. The van der Waals surface area contributed by atoms with Gasteiger partial charge in [-0.25, -0.2) is 18.4 Å². The van der Waals surface area contributed by atoms with Crippen molar-refractivity contribution in [1.82, 2.24) is 9.78 Å². The summed E-state index contributed by atoms with van der Waals surface area (Å²) in [5.74, 6) is -0.340. The van der Waals surface area contributed by atoms with Crippen LogP contribution in [0.15, 0.2) is 29.3 Å². The number of sulfonamides is 1. The minimum atomic E-state index is -4.25. The number of nitrogens with one attached hydrogen (secondary N) is 2. The number of hydrogen-bond acceptors (Lipinski definition) is 5. The Morgan fingerprint density at radius 1 is 1.36 bits per heavy atom. The summed E-state index contributed by atoms with van der Waals surface area (Å²) in [4.78, 5) is 11.2. The number of aryl methyl sites for hydroxylation is 1. The van der Waals surface area contributed by atoms with Gasteiger partial charge in [0.15, 0.2) is 5.75 Å². The number of primary sulfonamides is 1. The third kappa shape index (κ3) is 3.30. The van der Waals surface area contributed by atoms with Crippen molar-refractivity contribution >= 4 is 39.2 Å². The second-order valence-electron chi connectivity index (χ2n) is 4.24. The molecule has 0 unspecified atom stereocenters. The lowest BCUT2D eigenvalue weighted by Crippen LogP contribution is -2.21. The number of carbonyl (C=O) groups excluding carboxylic acids is 1. The van der Waals surface area contributed by atoms with Crippen LogP contribution in [0.25, 0.3) is 0 Å². The zero-order valence-electron chi connectivity index (χ0n) is 11.2. The molecular weight excluding hydrogens is 334 g/mol.